The molecule has 1 aromatic carbocycles. The Bertz CT molecular complexity index is 658. The molecule has 0 saturated carbocycles. The summed E-state index contributed by atoms with van der Waals surface area (Å²) in [5.74, 6) is 0.585. The molecule has 3 nitrogen and oxygen atoms in total. The number of halogens is 2. The number of hydrogen-bond acceptors (Lipinski definition) is 3. The van der Waals surface area contributed by atoms with E-state index in [1.807, 2.05) is 18.2 Å². The number of amides is 1. The summed E-state index contributed by atoms with van der Waals surface area (Å²) in [6, 6.07) is 7.93. The number of rotatable bonds is 2. The van der Waals surface area contributed by atoms with Crippen LogP contribution in [-0.4, -0.2) is 19.1 Å². The maximum Gasteiger partial charge on any atom is 0.255 e. The molecular weight excluding hydrogens is 453 g/mol. The normalized spacial score (nSPS) is 15.8. The lowest BCUT2D eigenvalue weighted by Crippen LogP contribution is -2.24. The average Bonchev–Trinajstić information content (AvgIpc) is 2.80. The van der Waals surface area contributed by atoms with Crippen LogP contribution in [0.1, 0.15) is 26.3 Å². The van der Waals surface area contributed by atoms with E-state index in [4.69, 9.17) is 4.74 Å². The fraction of sp³-hybridized carbons (Fsp3) is 0.214. The molecule has 2 heterocycles. The van der Waals surface area contributed by atoms with Gasteiger partial charge >= 0.3 is 0 Å². The molecule has 1 unspecified atom stereocenters. The van der Waals surface area contributed by atoms with E-state index in [0.29, 0.717) is 24.5 Å². The van der Waals surface area contributed by atoms with E-state index in [9.17, 15) is 4.79 Å². The monoisotopic (exact) mass is 463 g/mol. The first kappa shape index (κ1) is 14.3. The topological polar surface area (TPSA) is 38.3 Å². The van der Waals surface area contributed by atoms with Crippen molar-refractivity contribution in [3.05, 3.63) is 49.2 Å². The molecule has 1 aromatic heterocycles. The van der Waals surface area contributed by atoms with Gasteiger partial charge in [-0.25, -0.2) is 0 Å². The molecule has 0 radical (unpaired) electrons. The number of thiophene rings is 1. The van der Waals surface area contributed by atoms with Crippen LogP contribution in [0.4, 0.5) is 0 Å². The van der Waals surface area contributed by atoms with Crippen LogP contribution in [0, 0.1) is 2.88 Å². The Morgan fingerprint density at radius 3 is 2.95 bits per heavy atom. The lowest BCUT2D eigenvalue weighted by atomic mass is 10.0. The van der Waals surface area contributed by atoms with E-state index in [2.05, 4.69) is 55.3 Å². The largest absolute Gasteiger partial charge is 0.491 e. The fourth-order valence-electron chi connectivity index (χ4n) is 2.08. The highest BCUT2D eigenvalue weighted by Gasteiger charge is 2.19. The van der Waals surface area contributed by atoms with Crippen LogP contribution in [0.2, 0.25) is 0 Å². The standard InChI is InChI=1S/C14H11BrINO2S/c15-13(9-6-12(16)20-7-9)8-1-2-11-10(5-8)14(18)17-3-4-19-11/h1-2,5-7,13H,3-4H2,(H,17,18). The first-order valence-electron chi connectivity index (χ1n) is 6.08. The van der Waals surface area contributed by atoms with Gasteiger partial charge in [-0.15, -0.1) is 11.3 Å². The van der Waals surface area contributed by atoms with Gasteiger partial charge < -0.3 is 10.1 Å². The molecule has 6 heteroatoms. The smallest absolute Gasteiger partial charge is 0.255 e. The van der Waals surface area contributed by atoms with Gasteiger partial charge in [0.05, 0.1) is 19.8 Å². The highest BCUT2D eigenvalue weighted by molar-refractivity contribution is 14.1. The van der Waals surface area contributed by atoms with Gasteiger partial charge in [-0.1, -0.05) is 22.0 Å². The zero-order valence-corrected chi connectivity index (χ0v) is 14.9. The van der Waals surface area contributed by atoms with E-state index in [0.717, 1.165) is 5.56 Å². The van der Waals surface area contributed by atoms with Crippen LogP contribution < -0.4 is 10.1 Å². The quantitative estimate of drug-likeness (QED) is 0.540. The van der Waals surface area contributed by atoms with E-state index in [1.165, 1.54) is 8.45 Å². The zero-order chi connectivity index (χ0) is 14.1. The summed E-state index contributed by atoms with van der Waals surface area (Å²) in [5.41, 5.74) is 2.86. The molecule has 1 N–H and O–H groups in total. The molecule has 0 spiro atoms. The average molecular weight is 464 g/mol. The lowest BCUT2D eigenvalue weighted by molar-refractivity contribution is 0.0957. The van der Waals surface area contributed by atoms with Crippen LogP contribution in [0.15, 0.2) is 29.6 Å². The predicted octanol–water partition coefficient (Wildman–Crippen LogP) is 3.96. The molecule has 1 atom stereocenters. The third-order valence-electron chi connectivity index (χ3n) is 3.07. The molecule has 0 bridgehead atoms. The molecule has 20 heavy (non-hydrogen) atoms. The summed E-state index contributed by atoms with van der Waals surface area (Å²) >= 11 is 7.73. The minimum Gasteiger partial charge on any atom is -0.491 e. The summed E-state index contributed by atoms with van der Waals surface area (Å²) in [6.45, 7) is 1.06. The Balaban J connectivity index is 1.97. The second-order valence-electron chi connectivity index (χ2n) is 4.41. The SMILES string of the molecule is O=C1NCCOc2ccc(C(Br)c3csc(I)c3)cc21. The molecule has 1 amide bonds. The molecule has 0 fully saturated rings. The first-order chi connectivity index (χ1) is 9.65. The van der Waals surface area contributed by atoms with Crippen molar-refractivity contribution in [3.8, 4) is 5.75 Å². The van der Waals surface area contributed by atoms with Crippen molar-refractivity contribution >= 4 is 55.8 Å². The maximum atomic E-state index is 12.0. The van der Waals surface area contributed by atoms with Crippen molar-refractivity contribution in [2.24, 2.45) is 0 Å². The second kappa shape index (κ2) is 6.03. The maximum absolute atomic E-state index is 12.0. The number of benzene rings is 1. The molecule has 1 aliphatic rings. The molecule has 3 rings (SSSR count). The van der Waals surface area contributed by atoms with E-state index in [1.54, 1.807) is 11.3 Å². The van der Waals surface area contributed by atoms with Gasteiger partial charge in [0, 0.05) is 0 Å². The number of nitrogens with one attached hydrogen (secondary N) is 1. The summed E-state index contributed by atoms with van der Waals surface area (Å²) < 4.78 is 6.81. The van der Waals surface area contributed by atoms with Crippen molar-refractivity contribution in [2.75, 3.05) is 13.2 Å². The summed E-state index contributed by atoms with van der Waals surface area (Å²) in [5, 5.41) is 4.96. The zero-order valence-electron chi connectivity index (χ0n) is 10.4. The molecule has 104 valence electrons. The number of alkyl halides is 1. The van der Waals surface area contributed by atoms with Gasteiger partial charge in [-0.05, 0) is 57.3 Å². The molecular formula is C14H11BrINO2S. The second-order valence-corrected chi connectivity index (χ2v) is 8.13. The predicted molar refractivity (Wildman–Crippen MR) is 92.1 cm³/mol. The minimum atomic E-state index is -0.0704. The van der Waals surface area contributed by atoms with Crippen LogP contribution in [0.25, 0.3) is 0 Å². The van der Waals surface area contributed by atoms with Crippen molar-refractivity contribution in [3.63, 3.8) is 0 Å². The van der Waals surface area contributed by atoms with Gasteiger partial charge in [0.15, 0.2) is 0 Å². The van der Waals surface area contributed by atoms with Gasteiger partial charge in [0.25, 0.3) is 5.91 Å². The number of fused-ring (bicyclic) bond motifs is 1. The van der Waals surface area contributed by atoms with Gasteiger partial charge in [-0.3, -0.25) is 4.79 Å². The summed E-state index contributed by atoms with van der Waals surface area (Å²) in [6.07, 6.45) is 0. The first-order valence-corrected chi connectivity index (χ1v) is 8.95. The van der Waals surface area contributed by atoms with Crippen molar-refractivity contribution < 1.29 is 9.53 Å². The number of carbonyl (C=O) groups is 1. The van der Waals surface area contributed by atoms with Crippen molar-refractivity contribution in [2.45, 2.75) is 4.83 Å². The molecule has 2 aromatic rings. The summed E-state index contributed by atoms with van der Waals surface area (Å²) in [4.78, 5) is 12.1. The Morgan fingerprint density at radius 2 is 2.20 bits per heavy atom. The lowest BCUT2D eigenvalue weighted by Gasteiger charge is -2.12. The number of carbonyl (C=O) groups excluding carboxylic acids is 1. The van der Waals surface area contributed by atoms with Crippen LogP contribution in [0.5, 0.6) is 5.75 Å². The van der Waals surface area contributed by atoms with Gasteiger partial charge in [0.2, 0.25) is 0 Å². The Labute approximate surface area is 143 Å². The minimum absolute atomic E-state index is 0.0704. The summed E-state index contributed by atoms with van der Waals surface area (Å²) in [7, 11) is 0. The van der Waals surface area contributed by atoms with Gasteiger partial charge in [0.1, 0.15) is 12.4 Å². The molecule has 0 saturated heterocycles. The molecule has 0 aliphatic carbocycles. The van der Waals surface area contributed by atoms with Crippen molar-refractivity contribution in [1.82, 2.24) is 5.32 Å². The Morgan fingerprint density at radius 1 is 1.35 bits per heavy atom. The van der Waals surface area contributed by atoms with Crippen molar-refractivity contribution in [1.29, 1.82) is 0 Å². The third-order valence-corrected chi connectivity index (χ3v) is 5.93. The Hall–Kier alpha value is -0.600. The third kappa shape index (κ3) is 2.87. The Kier molecular flexibility index (Phi) is 4.32. The van der Waals surface area contributed by atoms with Gasteiger partial charge in [-0.2, -0.15) is 0 Å². The fourth-order valence-corrected chi connectivity index (χ4v) is 4.20. The van der Waals surface area contributed by atoms with E-state index < -0.39 is 0 Å². The van der Waals surface area contributed by atoms with Crippen LogP contribution in [-0.2, 0) is 0 Å². The van der Waals surface area contributed by atoms with Crippen LogP contribution in [0.3, 0.4) is 0 Å². The highest BCUT2D eigenvalue weighted by Crippen LogP contribution is 2.36. The number of ether oxygens (including phenoxy) is 1. The van der Waals surface area contributed by atoms with Crippen LogP contribution >= 0.6 is 49.9 Å². The molecule has 1 aliphatic heterocycles. The highest BCUT2D eigenvalue weighted by atomic mass is 127. The number of hydrogen-bond donors (Lipinski definition) is 1. The van der Waals surface area contributed by atoms with E-state index >= 15 is 0 Å². The van der Waals surface area contributed by atoms with E-state index in [-0.39, 0.29) is 10.7 Å².